The van der Waals surface area contributed by atoms with Gasteiger partial charge in [0.05, 0.1) is 0 Å². The Balaban J connectivity index is 1.98. The summed E-state index contributed by atoms with van der Waals surface area (Å²) in [5.41, 5.74) is 2.02. The highest BCUT2D eigenvalue weighted by atomic mass is 35.5. The Hall–Kier alpha value is -1.73. The van der Waals surface area contributed by atoms with Gasteiger partial charge in [0.1, 0.15) is 11.3 Å². The van der Waals surface area contributed by atoms with Crippen LogP contribution in [0, 0.1) is 0 Å². The van der Waals surface area contributed by atoms with Gasteiger partial charge in [0, 0.05) is 16.8 Å². The van der Waals surface area contributed by atoms with Crippen LogP contribution in [-0.4, -0.2) is 0 Å². The summed E-state index contributed by atoms with van der Waals surface area (Å²) in [7, 11) is 0. The topological polar surface area (TPSA) is 13.1 Å². The molecule has 0 aliphatic carbocycles. The maximum absolute atomic E-state index is 6.13. The Morgan fingerprint density at radius 2 is 1.71 bits per heavy atom. The molecule has 0 aliphatic heterocycles. The van der Waals surface area contributed by atoms with Gasteiger partial charge in [-0.2, -0.15) is 0 Å². The fraction of sp³-hybridized carbons (Fsp3) is 0.0667. The average molecular weight is 243 g/mol. The molecule has 3 aromatic rings. The molecule has 0 bridgehead atoms. The molecule has 17 heavy (non-hydrogen) atoms. The highest BCUT2D eigenvalue weighted by Crippen LogP contribution is 2.24. The van der Waals surface area contributed by atoms with Crippen LogP contribution in [0.5, 0.6) is 0 Å². The van der Waals surface area contributed by atoms with E-state index in [0.717, 1.165) is 33.7 Å². The fourth-order valence-electron chi connectivity index (χ4n) is 1.95. The number of halogens is 1. The first-order valence-corrected chi connectivity index (χ1v) is 5.91. The monoisotopic (exact) mass is 242 g/mol. The zero-order valence-electron chi connectivity index (χ0n) is 9.19. The third-order valence-electron chi connectivity index (χ3n) is 2.80. The van der Waals surface area contributed by atoms with Crippen molar-refractivity contribution in [1.29, 1.82) is 0 Å². The standard InChI is InChI=1S/C15H11ClO/c16-14-7-3-1-5-11(14)9-13-10-12-6-2-4-8-15(12)17-13/h1-8,10H,9H2. The molecule has 2 aromatic carbocycles. The van der Waals surface area contributed by atoms with E-state index >= 15 is 0 Å². The quantitative estimate of drug-likeness (QED) is 0.636. The molecule has 0 saturated carbocycles. The summed E-state index contributed by atoms with van der Waals surface area (Å²) < 4.78 is 5.77. The fourth-order valence-corrected chi connectivity index (χ4v) is 2.16. The molecule has 0 N–H and O–H groups in total. The average Bonchev–Trinajstić information content (AvgIpc) is 2.74. The maximum atomic E-state index is 6.13. The number of fused-ring (bicyclic) bond motifs is 1. The molecule has 0 atom stereocenters. The largest absolute Gasteiger partial charge is 0.461 e. The van der Waals surface area contributed by atoms with Gasteiger partial charge in [0.2, 0.25) is 0 Å². The van der Waals surface area contributed by atoms with Crippen molar-refractivity contribution in [2.24, 2.45) is 0 Å². The molecule has 0 saturated heterocycles. The first kappa shape index (κ1) is 10.4. The lowest BCUT2D eigenvalue weighted by Crippen LogP contribution is -1.85. The van der Waals surface area contributed by atoms with Gasteiger partial charge < -0.3 is 4.42 Å². The van der Waals surface area contributed by atoms with E-state index in [1.54, 1.807) is 0 Å². The predicted molar refractivity (Wildman–Crippen MR) is 70.5 cm³/mol. The van der Waals surface area contributed by atoms with Crippen LogP contribution in [0.1, 0.15) is 11.3 Å². The van der Waals surface area contributed by atoms with Crippen LogP contribution >= 0.6 is 11.6 Å². The maximum Gasteiger partial charge on any atom is 0.134 e. The summed E-state index contributed by atoms with van der Waals surface area (Å²) in [6.45, 7) is 0. The van der Waals surface area contributed by atoms with Gasteiger partial charge in [-0.3, -0.25) is 0 Å². The number of hydrogen-bond donors (Lipinski definition) is 0. The van der Waals surface area contributed by atoms with E-state index in [9.17, 15) is 0 Å². The van der Waals surface area contributed by atoms with Crippen LogP contribution < -0.4 is 0 Å². The van der Waals surface area contributed by atoms with E-state index < -0.39 is 0 Å². The zero-order valence-corrected chi connectivity index (χ0v) is 9.95. The molecule has 2 heteroatoms. The van der Waals surface area contributed by atoms with Crippen LogP contribution in [-0.2, 0) is 6.42 Å². The van der Waals surface area contributed by atoms with E-state index in [4.69, 9.17) is 16.0 Å². The molecule has 0 unspecified atom stereocenters. The third-order valence-corrected chi connectivity index (χ3v) is 3.17. The number of rotatable bonds is 2. The Kier molecular flexibility index (Phi) is 2.62. The van der Waals surface area contributed by atoms with Crippen LogP contribution in [0.4, 0.5) is 0 Å². The normalized spacial score (nSPS) is 10.9. The van der Waals surface area contributed by atoms with Crippen molar-refractivity contribution in [3.05, 3.63) is 70.9 Å². The van der Waals surface area contributed by atoms with Crippen molar-refractivity contribution >= 4 is 22.6 Å². The highest BCUT2D eigenvalue weighted by molar-refractivity contribution is 6.31. The van der Waals surface area contributed by atoms with Gasteiger partial charge in [-0.05, 0) is 23.8 Å². The molecule has 3 rings (SSSR count). The molecule has 0 fully saturated rings. The van der Waals surface area contributed by atoms with Crippen LogP contribution in [0.15, 0.2) is 59.0 Å². The number of benzene rings is 2. The second kappa shape index (κ2) is 4.27. The predicted octanol–water partition coefficient (Wildman–Crippen LogP) is 4.68. The van der Waals surface area contributed by atoms with Gasteiger partial charge in [-0.25, -0.2) is 0 Å². The van der Waals surface area contributed by atoms with Crippen LogP contribution in [0.2, 0.25) is 5.02 Å². The summed E-state index contributed by atoms with van der Waals surface area (Å²) in [5.74, 6) is 0.944. The lowest BCUT2D eigenvalue weighted by Gasteiger charge is -2.00. The van der Waals surface area contributed by atoms with Crippen LogP contribution in [0.3, 0.4) is 0 Å². The summed E-state index contributed by atoms with van der Waals surface area (Å²) in [6.07, 6.45) is 0.731. The number of para-hydroxylation sites is 1. The molecular formula is C15H11ClO. The van der Waals surface area contributed by atoms with Crippen molar-refractivity contribution in [2.75, 3.05) is 0 Å². The first-order chi connectivity index (χ1) is 8.33. The van der Waals surface area contributed by atoms with Gasteiger partial charge in [-0.15, -0.1) is 0 Å². The van der Waals surface area contributed by atoms with E-state index in [2.05, 4.69) is 12.1 Å². The Labute approximate surface area is 105 Å². The Bertz CT molecular complexity index is 622. The lowest BCUT2D eigenvalue weighted by molar-refractivity contribution is 0.563. The molecule has 0 amide bonds. The molecular weight excluding hydrogens is 232 g/mol. The molecule has 84 valence electrons. The molecule has 0 spiro atoms. The third kappa shape index (κ3) is 2.06. The van der Waals surface area contributed by atoms with Gasteiger partial charge in [0.15, 0.2) is 0 Å². The summed E-state index contributed by atoms with van der Waals surface area (Å²) >= 11 is 6.13. The van der Waals surface area contributed by atoms with Gasteiger partial charge >= 0.3 is 0 Å². The smallest absolute Gasteiger partial charge is 0.134 e. The molecule has 0 radical (unpaired) electrons. The minimum atomic E-state index is 0.731. The Morgan fingerprint density at radius 3 is 2.53 bits per heavy atom. The number of furan rings is 1. The van der Waals surface area contributed by atoms with Gasteiger partial charge in [0.25, 0.3) is 0 Å². The lowest BCUT2D eigenvalue weighted by atomic mass is 10.1. The van der Waals surface area contributed by atoms with E-state index in [1.807, 2.05) is 42.5 Å². The molecule has 1 aromatic heterocycles. The minimum absolute atomic E-state index is 0.731. The summed E-state index contributed by atoms with van der Waals surface area (Å²) in [4.78, 5) is 0. The van der Waals surface area contributed by atoms with Crippen molar-refractivity contribution in [2.45, 2.75) is 6.42 Å². The van der Waals surface area contributed by atoms with Crippen molar-refractivity contribution in [3.63, 3.8) is 0 Å². The van der Waals surface area contributed by atoms with Crippen molar-refractivity contribution in [1.82, 2.24) is 0 Å². The first-order valence-electron chi connectivity index (χ1n) is 5.54. The second-order valence-corrected chi connectivity index (χ2v) is 4.43. The van der Waals surface area contributed by atoms with Gasteiger partial charge in [-0.1, -0.05) is 48.0 Å². The van der Waals surface area contributed by atoms with E-state index in [1.165, 1.54) is 0 Å². The Morgan fingerprint density at radius 1 is 0.941 bits per heavy atom. The zero-order chi connectivity index (χ0) is 11.7. The second-order valence-electron chi connectivity index (χ2n) is 4.02. The molecule has 1 nitrogen and oxygen atoms in total. The minimum Gasteiger partial charge on any atom is -0.461 e. The van der Waals surface area contributed by atoms with E-state index in [-0.39, 0.29) is 0 Å². The van der Waals surface area contributed by atoms with Crippen molar-refractivity contribution < 1.29 is 4.42 Å². The highest BCUT2D eigenvalue weighted by Gasteiger charge is 2.06. The van der Waals surface area contributed by atoms with Crippen molar-refractivity contribution in [3.8, 4) is 0 Å². The summed E-state index contributed by atoms with van der Waals surface area (Å²) in [6, 6.07) is 17.9. The summed E-state index contributed by atoms with van der Waals surface area (Å²) in [5, 5.41) is 1.92. The van der Waals surface area contributed by atoms with Crippen LogP contribution in [0.25, 0.3) is 11.0 Å². The molecule has 0 aliphatic rings. The SMILES string of the molecule is Clc1ccccc1Cc1cc2ccccc2o1. The number of hydrogen-bond acceptors (Lipinski definition) is 1. The molecule has 1 heterocycles. The van der Waals surface area contributed by atoms with E-state index in [0.29, 0.717) is 0 Å².